The van der Waals surface area contributed by atoms with Crippen LogP contribution in [0, 0.1) is 0 Å². The van der Waals surface area contributed by atoms with E-state index in [0.717, 1.165) is 25.1 Å². The second-order valence-corrected chi connectivity index (χ2v) is 5.09. The number of hydrogen-bond donors (Lipinski definition) is 2. The third-order valence-electron chi connectivity index (χ3n) is 2.97. The highest BCUT2D eigenvalue weighted by Crippen LogP contribution is 2.18. The van der Waals surface area contributed by atoms with E-state index in [2.05, 4.69) is 12.2 Å². The van der Waals surface area contributed by atoms with Crippen molar-refractivity contribution >= 4 is 0 Å². The Balaban J connectivity index is 2.49. The van der Waals surface area contributed by atoms with E-state index in [9.17, 15) is 5.11 Å². The molecule has 1 aromatic rings. The molecule has 18 heavy (non-hydrogen) atoms. The summed E-state index contributed by atoms with van der Waals surface area (Å²) >= 11 is 0. The third kappa shape index (κ3) is 5.07. The first-order chi connectivity index (χ1) is 8.59. The molecule has 0 amide bonds. The van der Waals surface area contributed by atoms with Gasteiger partial charge in [-0.05, 0) is 38.9 Å². The Hall–Kier alpha value is -1.06. The van der Waals surface area contributed by atoms with Gasteiger partial charge in [0.15, 0.2) is 0 Å². The van der Waals surface area contributed by atoms with Crippen molar-refractivity contribution in [2.45, 2.75) is 45.3 Å². The Morgan fingerprint density at radius 1 is 1.33 bits per heavy atom. The predicted molar refractivity (Wildman–Crippen MR) is 74.9 cm³/mol. The van der Waals surface area contributed by atoms with E-state index in [-0.39, 0.29) is 18.2 Å². The van der Waals surface area contributed by atoms with Gasteiger partial charge in [0.1, 0.15) is 5.75 Å². The topological polar surface area (TPSA) is 41.5 Å². The van der Waals surface area contributed by atoms with Crippen molar-refractivity contribution in [1.29, 1.82) is 0 Å². The monoisotopic (exact) mass is 251 g/mol. The zero-order chi connectivity index (χ0) is 13.4. The van der Waals surface area contributed by atoms with E-state index < -0.39 is 0 Å². The average Bonchev–Trinajstić information content (AvgIpc) is 2.37. The van der Waals surface area contributed by atoms with Crippen LogP contribution in [0.25, 0.3) is 0 Å². The van der Waals surface area contributed by atoms with Gasteiger partial charge < -0.3 is 15.2 Å². The molecular formula is C15H25NO2. The molecule has 0 aliphatic carbocycles. The minimum atomic E-state index is -0.274. The van der Waals surface area contributed by atoms with Gasteiger partial charge in [0.25, 0.3) is 0 Å². The van der Waals surface area contributed by atoms with Crippen LogP contribution in [-0.4, -0.2) is 29.9 Å². The van der Waals surface area contributed by atoms with Gasteiger partial charge in [-0.2, -0.15) is 0 Å². The third-order valence-corrected chi connectivity index (χ3v) is 2.97. The number of nitrogens with one attached hydrogen (secondary N) is 1. The van der Waals surface area contributed by atoms with Gasteiger partial charge in [0.05, 0.1) is 12.7 Å². The number of aliphatic hydroxyl groups excluding tert-OH is 1. The van der Waals surface area contributed by atoms with E-state index in [1.54, 1.807) is 0 Å². The van der Waals surface area contributed by atoms with Crippen molar-refractivity contribution in [3.05, 3.63) is 30.3 Å². The van der Waals surface area contributed by atoms with Crippen molar-refractivity contribution in [1.82, 2.24) is 5.32 Å². The molecule has 2 unspecified atom stereocenters. The zero-order valence-electron chi connectivity index (χ0n) is 11.6. The Morgan fingerprint density at radius 3 is 2.56 bits per heavy atom. The van der Waals surface area contributed by atoms with E-state index in [4.69, 9.17) is 4.74 Å². The highest BCUT2D eigenvalue weighted by atomic mass is 16.5. The first-order valence-electron chi connectivity index (χ1n) is 6.67. The van der Waals surface area contributed by atoms with Crippen LogP contribution in [0.15, 0.2) is 30.3 Å². The molecule has 0 heterocycles. The number of ether oxygens (including phenoxy) is 1. The smallest absolute Gasteiger partial charge is 0.119 e. The van der Waals surface area contributed by atoms with Crippen LogP contribution in [0.5, 0.6) is 5.75 Å². The van der Waals surface area contributed by atoms with E-state index in [1.165, 1.54) is 0 Å². The number of para-hydroxylation sites is 1. The molecule has 3 heteroatoms. The Kier molecular flexibility index (Phi) is 6.16. The lowest BCUT2D eigenvalue weighted by molar-refractivity contribution is 0.110. The molecular weight excluding hydrogens is 226 g/mol. The zero-order valence-corrected chi connectivity index (χ0v) is 11.6. The summed E-state index contributed by atoms with van der Waals surface area (Å²) in [5, 5.41) is 12.9. The standard InChI is InChI=1S/C15H25NO2/c1-4-10-16-15(3,12-17)11-13(2)18-14-8-6-5-7-9-14/h5-9,13,16-17H,4,10-12H2,1-3H3. The molecule has 0 aliphatic heterocycles. The lowest BCUT2D eigenvalue weighted by atomic mass is 9.95. The summed E-state index contributed by atoms with van der Waals surface area (Å²) in [6.07, 6.45) is 1.90. The maximum Gasteiger partial charge on any atom is 0.119 e. The SMILES string of the molecule is CCCNC(C)(CO)CC(C)Oc1ccccc1. The van der Waals surface area contributed by atoms with Crippen LogP contribution in [0.4, 0.5) is 0 Å². The molecule has 0 fully saturated rings. The predicted octanol–water partition coefficient (Wildman–Crippen LogP) is 2.59. The second kappa shape index (κ2) is 7.39. The maximum absolute atomic E-state index is 9.51. The van der Waals surface area contributed by atoms with Gasteiger partial charge in [-0.15, -0.1) is 0 Å². The van der Waals surface area contributed by atoms with Crippen LogP contribution >= 0.6 is 0 Å². The van der Waals surface area contributed by atoms with Crippen molar-refractivity contribution in [2.24, 2.45) is 0 Å². The average molecular weight is 251 g/mol. The molecule has 2 N–H and O–H groups in total. The summed E-state index contributed by atoms with van der Waals surface area (Å²) in [5.41, 5.74) is -0.274. The Bertz CT molecular complexity index is 329. The summed E-state index contributed by atoms with van der Waals surface area (Å²) in [5.74, 6) is 0.876. The molecule has 1 rings (SSSR count). The molecule has 1 aromatic carbocycles. The number of aliphatic hydroxyl groups is 1. The summed E-state index contributed by atoms with van der Waals surface area (Å²) in [7, 11) is 0. The van der Waals surface area contributed by atoms with Crippen LogP contribution < -0.4 is 10.1 Å². The molecule has 0 spiro atoms. The fourth-order valence-electron chi connectivity index (χ4n) is 2.03. The van der Waals surface area contributed by atoms with Crippen LogP contribution in [0.2, 0.25) is 0 Å². The molecule has 2 atom stereocenters. The maximum atomic E-state index is 9.51. The quantitative estimate of drug-likeness (QED) is 0.746. The first-order valence-corrected chi connectivity index (χ1v) is 6.67. The lowest BCUT2D eigenvalue weighted by Gasteiger charge is -2.31. The lowest BCUT2D eigenvalue weighted by Crippen LogP contribution is -2.48. The van der Waals surface area contributed by atoms with Gasteiger partial charge in [-0.1, -0.05) is 25.1 Å². The van der Waals surface area contributed by atoms with E-state index in [0.29, 0.717) is 0 Å². The molecule has 0 aromatic heterocycles. The summed E-state index contributed by atoms with van der Waals surface area (Å²) in [6.45, 7) is 7.22. The molecule has 0 saturated carbocycles. The van der Waals surface area contributed by atoms with Gasteiger partial charge in [-0.25, -0.2) is 0 Å². The molecule has 3 nitrogen and oxygen atoms in total. The second-order valence-electron chi connectivity index (χ2n) is 5.09. The van der Waals surface area contributed by atoms with Gasteiger partial charge in [0, 0.05) is 12.0 Å². The molecule has 0 radical (unpaired) electrons. The van der Waals surface area contributed by atoms with Crippen molar-refractivity contribution in [3.63, 3.8) is 0 Å². The van der Waals surface area contributed by atoms with Crippen LogP contribution in [-0.2, 0) is 0 Å². The van der Waals surface area contributed by atoms with Gasteiger partial charge >= 0.3 is 0 Å². The number of rotatable bonds is 8. The van der Waals surface area contributed by atoms with Crippen molar-refractivity contribution in [3.8, 4) is 5.75 Å². The van der Waals surface area contributed by atoms with Gasteiger partial charge in [-0.3, -0.25) is 0 Å². The number of benzene rings is 1. The van der Waals surface area contributed by atoms with E-state index >= 15 is 0 Å². The minimum Gasteiger partial charge on any atom is -0.491 e. The summed E-state index contributed by atoms with van der Waals surface area (Å²) in [6, 6.07) is 9.79. The highest BCUT2D eigenvalue weighted by molar-refractivity contribution is 5.21. The van der Waals surface area contributed by atoms with Crippen molar-refractivity contribution < 1.29 is 9.84 Å². The highest BCUT2D eigenvalue weighted by Gasteiger charge is 2.25. The van der Waals surface area contributed by atoms with Crippen molar-refractivity contribution in [2.75, 3.05) is 13.2 Å². The molecule has 0 saturated heterocycles. The summed E-state index contributed by atoms with van der Waals surface area (Å²) < 4.78 is 5.84. The Labute approximate surface area is 110 Å². The Morgan fingerprint density at radius 2 is 2.00 bits per heavy atom. The number of hydrogen-bond acceptors (Lipinski definition) is 3. The molecule has 0 bridgehead atoms. The van der Waals surface area contributed by atoms with Crippen LogP contribution in [0.3, 0.4) is 0 Å². The molecule has 0 aliphatic rings. The fraction of sp³-hybridized carbons (Fsp3) is 0.600. The first kappa shape index (κ1) is 15.0. The minimum absolute atomic E-state index is 0.0638. The normalized spacial score (nSPS) is 16.0. The van der Waals surface area contributed by atoms with E-state index in [1.807, 2.05) is 44.2 Å². The van der Waals surface area contributed by atoms with Gasteiger partial charge in [0.2, 0.25) is 0 Å². The van der Waals surface area contributed by atoms with Crippen LogP contribution in [0.1, 0.15) is 33.6 Å². The molecule has 102 valence electrons. The fourth-order valence-corrected chi connectivity index (χ4v) is 2.03. The largest absolute Gasteiger partial charge is 0.491 e. The summed E-state index contributed by atoms with van der Waals surface area (Å²) in [4.78, 5) is 0.